The third-order valence-corrected chi connectivity index (χ3v) is 5.24. The highest BCUT2D eigenvalue weighted by molar-refractivity contribution is 7.89. The zero-order chi connectivity index (χ0) is 18.0. The summed E-state index contributed by atoms with van der Waals surface area (Å²) in [6.07, 6.45) is -1.58. The second-order valence-electron chi connectivity index (χ2n) is 5.06. The van der Waals surface area contributed by atoms with Crippen LogP contribution in [0.4, 0.5) is 4.79 Å². The van der Waals surface area contributed by atoms with Gasteiger partial charge < -0.3 is 14.6 Å². The summed E-state index contributed by atoms with van der Waals surface area (Å²) in [7, 11) is -4.27. The molecule has 0 atom stereocenters. The van der Waals surface area contributed by atoms with E-state index in [9.17, 15) is 13.2 Å². The molecule has 0 bridgehead atoms. The van der Waals surface area contributed by atoms with Gasteiger partial charge in [0, 0.05) is 6.07 Å². The number of carbonyl (C=O) groups is 1. The van der Waals surface area contributed by atoms with Crippen LogP contribution in [0.1, 0.15) is 5.56 Å². The molecular weight excluding hydrogens is 348 g/mol. The zero-order valence-corrected chi connectivity index (χ0v) is 13.6. The monoisotopic (exact) mass is 360 g/mol. The van der Waals surface area contributed by atoms with Crippen LogP contribution in [-0.2, 0) is 10.0 Å². The topological polar surface area (TPSA) is 117 Å². The van der Waals surface area contributed by atoms with E-state index in [4.69, 9.17) is 19.8 Å². The summed E-state index contributed by atoms with van der Waals surface area (Å²) in [5.41, 5.74) is 0.389. The third-order valence-electron chi connectivity index (χ3n) is 3.45. The van der Waals surface area contributed by atoms with Crippen LogP contribution in [0.3, 0.4) is 0 Å². The average Bonchev–Trinajstić information content (AvgIpc) is 2.71. The highest BCUT2D eigenvalue weighted by atomic mass is 32.2. The van der Waals surface area contributed by atoms with E-state index in [1.54, 1.807) is 18.2 Å². The highest BCUT2D eigenvalue weighted by Crippen LogP contribution is 2.34. The summed E-state index contributed by atoms with van der Waals surface area (Å²) < 4.78 is 36.3. The van der Waals surface area contributed by atoms with Crippen LogP contribution in [0.25, 0.3) is 0 Å². The minimum Gasteiger partial charge on any atom is -0.490 e. The van der Waals surface area contributed by atoms with Crippen LogP contribution in [-0.4, -0.2) is 37.1 Å². The first-order valence-corrected chi connectivity index (χ1v) is 8.56. The van der Waals surface area contributed by atoms with Gasteiger partial charge in [0.05, 0.1) is 18.2 Å². The Morgan fingerprint density at radius 2 is 2.00 bits per heavy atom. The summed E-state index contributed by atoms with van der Waals surface area (Å²) in [5, 5.41) is 18.0. The van der Waals surface area contributed by atoms with E-state index in [1.807, 2.05) is 6.07 Å². The van der Waals surface area contributed by atoms with Crippen molar-refractivity contribution in [3.05, 3.63) is 48.0 Å². The predicted molar refractivity (Wildman–Crippen MR) is 85.1 cm³/mol. The minimum absolute atomic E-state index is 0.0573. The third kappa shape index (κ3) is 3.20. The van der Waals surface area contributed by atoms with E-state index in [-0.39, 0.29) is 29.5 Å². The smallest absolute Gasteiger partial charge is 0.421 e. The molecule has 1 aliphatic heterocycles. The lowest BCUT2D eigenvalue weighted by Crippen LogP contribution is -2.36. The molecule has 1 amide bonds. The number of nitrogens with zero attached hydrogens (tertiary/aromatic N) is 2. The number of benzene rings is 2. The Balaban J connectivity index is 2.01. The molecule has 1 aliphatic rings. The Labute approximate surface area is 143 Å². The van der Waals surface area contributed by atoms with Gasteiger partial charge in [-0.1, -0.05) is 6.07 Å². The Kier molecular flexibility index (Phi) is 4.21. The Morgan fingerprint density at radius 1 is 1.24 bits per heavy atom. The van der Waals surface area contributed by atoms with Crippen LogP contribution in [0.2, 0.25) is 0 Å². The van der Waals surface area contributed by atoms with Gasteiger partial charge in [-0.3, -0.25) is 0 Å². The van der Waals surface area contributed by atoms with E-state index in [0.717, 1.165) is 0 Å². The predicted octanol–water partition coefficient (Wildman–Crippen LogP) is 2.41. The van der Waals surface area contributed by atoms with Crippen LogP contribution < -0.4 is 9.47 Å². The lowest BCUT2D eigenvalue weighted by Gasteiger charge is -2.16. The van der Waals surface area contributed by atoms with Gasteiger partial charge in [-0.25, -0.2) is 13.2 Å². The Morgan fingerprint density at radius 3 is 2.72 bits per heavy atom. The number of carboxylic acid groups (broad SMARTS) is 1. The molecule has 0 aliphatic carbocycles. The lowest BCUT2D eigenvalue weighted by atomic mass is 10.2. The number of hydrogen-bond acceptors (Lipinski definition) is 6. The van der Waals surface area contributed by atoms with Crippen LogP contribution >= 0.6 is 0 Å². The van der Waals surface area contributed by atoms with Crippen LogP contribution in [0.15, 0.2) is 47.4 Å². The molecule has 8 nitrogen and oxygen atoms in total. The molecule has 9 heteroatoms. The molecule has 128 valence electrons. The number of rotatable bonds is 2. The summed E-state index contributed by atoms with van der Waals surface area (Å²) in [6, 6.07) is 12.4. The summed E-state index contributed by atoms with van der Waals surface area (Å²) in [6.45, 7) is -0.379. The van der Waals surface area contributed by atoms with E-state index in [0.29, 0.717) is 15.6 Å². The standard InChI is InChI=1S/C16H12N2O6S/c17-10-11-2-1-3-12(8-11)24-13-4-5-14-15(9-13)25(21,22)18(16(19)20)6-7-23-14/h1-5,8-9H,6-7H2,(H,19,20). The molecule has 0 unspecified atom stereocenters. The number of amides is 1. The van der Waals surface area contributed by atoms with Gasteiger partial charge in [-0.2, -0.15) is 9.57 Å². The van der Waals surface area contributed by atoms with Crippen molar-refractivity contribution in [1.29, 1.82) is 5.26 Å². The molecule has 2 aromatic carbocycles. The molecule has 3 rings (SSSR count). The summed E-state index contributed by atoms with van der Waals surface area (Å²) in [5.74, 6) is 0.580. The van der Waals surface area contributed by atoms with E-state index >= 15 is 0 Å². The first-order valence-electron chi connectivity index (χ1n) is 7.12. The zero-order valence-electron chi connectivity index (χ0n) is 12.7. The Hall–Kier alpha value is -3.25. The van der Waals surface area contributed by atoms with Crippen molar-refractivity contribution >= 4 is 16.1 Å². The molecule has 0 spiro atoms. The van der Waals surface area contributed by atoms with Crippen molar-refractivity contribution in [2.45, 2.75) is 4.90 Å². The maximum absolute atomic E-state index is 12.5. The van der Waals surface area contributed by atoms with Crippen molar-refractivity contribution in [2.75, 3.05) is 13.2 Å². The average molecular weight is 360 g/mol. The van der Waals surface area contributed by atoms with Gasteiger partial charge in [0.2, 0.25) is 0 Å². The molecule has 0 saturated carbocycles. The quantitative estimate of drug-likeness (QED) is 0.874. The molecule has 0 radical (unpaired) electrons. The van der Waals surface area contributed by atoms with Crippen LogP contribution in [0.5, 0.6) is 17.2 Å². The normalized spacial score (nSPS) is 15.2. The number of fused-ring (bicyclic) bond motifs is 1. The van der Waals surface area contributed by atoms with Gasteiger partial charge >= 0.3 is 6.09 Å². The number of hydrogen-bond donors (Lipinski definition) is 1. The second kappa shape index (κ2) is 6.33. The molecule has 1 N–H and O–H groups in total. The fourth-order valence-electron chi connectivity index (χ4n) is 2.31. The molecule has 0 saturated heterocycles. The molecule has 25 heavy (non-hydrogen) atoms. The number of ether oxygens (including phenoxy) is 2. The van der Waals surface area contributed by atoms with Crippen molar-refractivity contribution < 1.29 is 27.8 Å². The van der Waals surface area contributed by atoms with Crippen molar-refractivity contribution in [3.8, 4) is 23.3 Å². The molecule has 1 heterocycles. The van der Waals surface area contributed by atoms with Gasteiger partial charge in [0.1, 0.15) is 28.8 Å². The molecular formula is C16H12N2O6S. The summed E-state index contributed by atoms with van der Waals surface area (Å²) in [4.78, 5) is 10.9. The van der Waals surface area contributed by atoms with E-state index < -0.39 is 16.1 Å². The van der Waals surface area contributed by atoms with Gasteiger partial charge in [0.15, 0.2) is 0 Å². The summed E-state index contributed by atoms with van der Waals surface area (Å²) >= 11 is 0. The molecule has 2 aromatic rings. The van der Waals surface area contributed by atoms with Crippen LogP contribution in [0, 0.1) is 11.3 Å². The lowest BCUT2D eigenvalue weighted by molar-refractivity contribution is 0.167. The maximum atomic E-state index is 12.5. The number of nitriles is 1. The fraction of sp³-hybridized carbons (Fsp3) is 0.125. The largest absolute Gasteiger partial charge is 0.490 e. The highest BCUT2D eigenvalue weighted by Gasteiger charge is 2.34. The van der Waals surface area contributed by atoms with Gasteiger partial charge in [-0.15, -0.1) is 0 Å². The SMILES string of the molecule is N#Cc1cccc(Oc2ccc3c(c2)S(=O)(=O)N(C(=O)O)CCO3)c1. The van der Waals surface area contributed by atoms with E-state index in [1.165, 1.54) is 24.3 Å². The minimum atomic E-state index is -4.27. The first kappa shape index (κ1) is 16.6. The van der Waals surface area contributed by atoms with Crippen molar-refractivity contribution in [3.63, 3.8) is 0 Å². The maximum Gasteiger partial charge on any atom is 0.421 e. The Bertz CT molecular complexity index is 980. The molecule has 0 aromatic heterocycles. The first-order chi connectivity index (χ1) is 11.9. The van der Waals surface area contributed by atoms with Gasteiger partial charge in [0.25, 0.3) is 10.0 Å². The second-order valence-corrected chi connectivity index (χ2v) is 6.89. The van der Waals surface area contributed by atoms with E-state index in [2.05, 4.69) is 0 Å². The fourth-order valence-corrected chi connectivity index (χ4v) is 3.72. The van der Waals surface area contributed by atoms with Gasteiger partial charge in [-0.05, 0) is 30.3 Å². The van der Waals surface area contributed by atoms with Crippen molar-refractivity contribution in [1.82, 2.24) is 4.31 Å². The molecule has 0 fully saturated rings. The number of sulfonamides is 1. The van der Waals surface area contributed by atoms with Crippen molar-refractivity contribution in [2.24, 2.45) is 0 Å².